The lowest BCUT2D eigenvalue weighted by molar-refractivity contribution is -0.152. The summed E-state index contributed by atoms with van der Waals surface area (Å²) in [7, 11) is 0. The van der Waals surface area contributed by atoms with Gasteiger partial charge in [-0.3, -0.25) is 0 Å². The van der Waals surface area contributed by atoms with Crippen LogP contribution in [0.2, 0.25) is 0 Å². The Kier molecular flexibility index (Phi) is 9.27. The van der Waals surface area contributed by atoms with Crippen molar-refractivity contribution in [3.8, 4) is 11.5 Å². The number of carbonyl (C=O) groups excluding carboxylic acids is 1. The van der Waals surface area contributed by atoms with Crippen LogP contribution in [-0.2, 0) is 22.4 Å². The molecular formula is C27H29FO5. The average Bonchev–Trinajstić information content (AvgIpc) is 2.82. The number of aliphatic hydroxyl groups excluding tert-OH is 1. The number of esters is 1. The van der Waals surface area contributed by atoms with Crippen LogP contribution in [0.25, 0.3) is 0 Å². The third-order valence-electron chi connectivity index (χ3n) is 4.98. The van der Waals surface area contributed by atoms with Crippen molar-refractivity contribution in [2.24, 2.45) is 0 Å². The Labute approximate surface area is 193 Å². The smallest absolute Gasteiger partial charge is 0.335 e. The maximum Gasteiger partial charge on any atom is 0.335 e. The van der Waals surface area contributed by atoms with E-state index in [1.807, 2.05) is 48.5 Å². The number of ether oxygens (including phenoxy) is 3. The summed E-state index contributed by atoms with van der Waals surface area (Å²) in [5.74, 6) is 0.673. The first-order valence-electron chi connectivity index (χ1n) is 11.1. The lowest BCUT2D eigenvalue weighted by atomic mass is 10.1. The Morgan fingerprint density at radius 1 is 0.818 bits per heavy atom. The molecule has 0 aromatic heterocycles. The van der Waals surface area contributed by atoms with Gasteiger partial charge >= 0.3 is 5.97 Å². The summed E-state index contributed by atoms with van der Waals surface area (Å²) in [6.45, 7) is 2.99. The van der Waals surface area contributed by atoms with Crippen molar-refractivity contribution < 1.29 is 28.5 Å². The number of aliphatic hydroxyl groups is 1. The molecule has 0 aliphatic rings. The highest BCUT2D eigenvalue weighted by Gasteiger charge is 2.16. The van der Waals surface area contributed by atoms with Gasteiger partial charge in [0.05, 0.1) is 19.8 Å². The molecule has 1 atom stereocenters. The molecule has 33 heavy (non-hydrogen) atoms. The van der Waals surface area contributed by atoms with Crippen LogP contribution in [0, 0.1) is 5.82 Å². The van der Waals surface area contributed by atoms with E-state index in [2.05, 4.69) is 0 Å². The topological polar surface area (TPSA) is 65.0 Å². The van der Waals surface area contributed by atoms with Crippen molar-refractivity contribution in [3.63, 3.8) is 0 Å². The predicted molar refractivity (Wildman–Crippen MR) is 124 cm³/mol. The quantitative estimate of drug-likeness (QED) is 0.318. The maximum absolute atomic E-state index is 13.0. The molecule has 0 aliphatic heterocycles. The number of carbonyl (C=O) groups is 1. The molecule has 0 bridgehead atoms. The molecule has 0 spiro atoms. The molecule has 3 aromatic carbocycles. The van der Waals surface area contributed by atoms with E-state index in [1.165, 1.54) is 12.1 Å². The van der Waals surface area contributed by atoms with E-state index in [9.17, 15) is 14.3 Å². The molecular weight excluding hydrogens is 423 g/mol. The van der Waals surface area contributed by atoms with E-state index >= 15 is 0 Å². The Hall–Kier alpha value is -3.38. The molecule has 0 heterocycles. The highest BCUT2D eigenvalue weighted by molar-refractivity contribution is 5.74. The maximum atomic E-state index is 13.0. The first-order chi connectivity index (χ1) is 16.0. The van der Waals surface area contributed by atoms with E-state index < -0.39 is 12.1 Å². The van der Waals surface area contributed by atoms with Gasteiger partial charge in [0.25, 0.3) is 0 Å². The Morgan fingerprint density at radius 3 is 1.82 bits per heavy atom. The zero-order valence-corrected chi connectivity index (χ0v) is 18.7. The minimum absolute atomic E-state index is 0.204. The fourth-order valence-electron chi connectivity index (χ4n) is 3.25. The second-order valence-electron chi connectivity index (χ2n) is 7.61. The van der Waals surface area contributed by atoms with Crippen molar-refractivity contribution in [1.82, 2.24) is 0 Å². The third kappa shape index (κ3) is 8.24. The van der Waals surface area contributed by atoms with Gasteiger partial charge in [-0.15, -0.1) is 0 Å². The molecule has 0 saturated heterocycles. The van der Waals surface area contributed by atoms with Crippen LogP contribution < -0.4 is 9.47 Å². The van der Waals surface area contributed by atoms with Gasteiger partial charge < -0.3 is 19.3 Å². The minimum atomic E-state index is -1.16. The molecule has 174 valence electrons. The molecule has 0 amide bonds. The fourth-order valence-corrected chi connectivity index (χ4v) is 3.25. The third-order valence-corrected chi connectivity index (χ3v) is 4.98. The van der Waals surface area contributed by atoms with Crippen molar-refractivity contribution in [2.75, 3.05) is 19.8 Å². The molecule has 0 aliphatic carbocycles. The van der Waals surface area contributed by atoms with Gasteiger partial charge in [0.1, 0.15) is 17.3 Å². The van der Waals surface area contributed by atoms with Crippen LogP contribution in [-0.4, -0.2) is 37.0 Å². The largest absolute Gasteiger partial charge is 0.493 e. The molecule has 0 fully saturated rings. The van der Waals surface area contributed by atoms with Gasteiger partial charge in [-0.25, -0.2) is 9.18 Å². The fraction of sp³-hybridized carbons (Fsp3) is 0.296. The van der Waals surface area contributed by atoms with Crippen molar-refractivity contribution in [2.45, 2.75) is 32.3 Å². The normalized spacial score (nSPS) is 11.6. The monoisotopic (exact) mass is 452 g/mol. The standard InChI is InChI=1S/C27H29FO5/c1-2-31-27(30)26(29)19-22-8-14-25(15-9-22)33-17-3-16-32-24-12-6-21(7-13-24)18-20-4-10-23(28)11-5-20/h4-15,26,29H,2-3,16-19H2,1H3. The van der Waals surface area contributed by atoms with Crippen LogP contribution >= 0.6 is 0 Å². The summed E-state index contributed by atoms with van der Waals surface area (Å²) in [4.78, 5) is 11.5. The molecule has 3 aromatic rings. The lowest BCUT2D eigenvalue weighted by Gasteiger charge is -2.11. The van der Waals surface area contributed by atoms with Crippen LogP contribution in [0.1, 0.15) is 30.0 Å². The molecule has 1 unspecified atom stereocenters. The van der Waals surface area contributed by atoms with Crippen molar-refractivity contribution >= 4 is 5.97 Å². The first-order valence-corrected chi connectivity index (χ1v) is 11.1. The predicted octanol–water partition coefficient (Wildman–Crippen LogP) is 4.73. The van der Waals surface area contributed by atoms with Crippen LogP contribution in [0.15, 0.2) is 72.8 Å². The number of hydrogen-bond donors (Lipinski definition) is 1. The summed E-state index contributed by atoms with van der Waals surface area (Å²) in [5.41, 5.74) is 3.02. The summed E-state index contributed by atoms with van der Waals surface area (Å²) in [6, 6.07) is 21.7. The van der Waals surface area contributed by atoms with Gasteiger partial charge in [-0.1, -0.05) is 36.4 Å². The highest BCUT2D eigenvalue weighted by Crippen LogP contribution is 2.17. The molecule has 1 N–H and O–H groups in total. The van der Waals surface area contributed by atoms with Gasteiger partial charge in [0.15, 0.2) is 6.10 Å². The Morgan fingerprint density at radius 2 is 1.30 bits per heavy atom. The second kappa shape index (κ2) is 12.6. The number of hydrogen-bond acceptors (Lipinski definition) is 5. The van der Waals surface area contributed by atoms with Gasteiger partial charge in [-0.2, -0.15) is 0 Å². The van der Waals surface area contributed by atoms with Crippen LogP contribution in [0.4, 0.5) is 4.39 Å². The lowest BCUT2D eigenvalue weighted by Crippen LogP contribution is -2.25. The second-order valence-corrected chi connectivity index (χ2v) is 7.61. The number of halogens is 1. The Balaban J connectivity index is 1.34. The van der Waals surface area contributed by atoms with E-state index in [1.54, 1.807) is 19.1 Å². The van der Waals surface area contributed by atoms with Gasteiger partial charge in [0.2, 0.25) is 0 Å². The molecule has 3 rings (SSSR count). The van der Waals surface area contributed by atoms with E-state index in [4.69, 9.17) is 14.2 Å². The number of benzene rings is 3. The van der Waals surface area contributed by atoms with Crippen LogP contribution in [0.3, 0.4) is 0 Å². The van der Waals surface area contributed by atoms with E-state index in [0.717, 1.165) is 41.0 Å². The number of rotatable bonds is 12. The minimum Gasteiger partial charge on any atom is -0.493 e. The molecule has 0 saturated carbocycles. The van der Waals surface area contributed by atoms with Crippen molar-refractivity contribution in [1.29, 1.82) is 0 Å². The van der Waals surface area contributed by atoms with Gasteiger partial charge in [0, 0.05) is 12.8 Å². The Bertz CT molecular complexity index is 985. The average molecular weight is 453 g/mol. The van der Waals surface area contributed by atoms with Gasteiger partial charge in [-0.05, 0) is 66.4 Å². The van der Waals surface area contributed by atoms with E-state index in [0.29, 0.717) is 13.2 Å². The molecule has 5 nitrogen and oxygen atoms in total. The summed E-state index contributed by atoms with van der Waals surface area (Å²) >= 11 is 0. The highest BCUT2D eigenvalue weighted by atomic mass is 19.1. The van der Waals surface area contributed by atoms with Crippen LogP contribution in [0.5, 0.6) is 11.5 Å². The SMILES string of the molecule is CCOC(=O)C(O)Cc1ccc(OCCCOc2ccc(Cc3ccc(F)cc3)cc2)cc1. The zero-order chi connectivity index (χ0) is 23.5. The summed E-state index contributed by atoms with van der Waals surface area (Å²) in [5, 5.41) is 9.82. The molecule has 0 radical (unpaired) electrons. The molecule has 6 heteroatoms. The summed E-state index contributed by atoms with van der Waals surface area (Å²) < 4.78 is 29.3. The zero-order valence-electron chi connectivity index (χ0n) is 18.7. The van der Waals surface area contributed by atoms with E-state index in [-0.39, 0.29) is 18.8 Å². The summed E-state index contributed by atoms with van der Waals surface area (Å²) in [6.07, 6.45) is 0.511. The van der Waals surface area contributed by atoms with Crippen molar-refractivity contribution in [3.05, 3.63) is 95.3 Å². The first kappa shape index (κ1) is 24.3.